The van der Waals surface area contributed by atoms with Crippen LogP contribution in [0, 0.1) is 6.92 Å². The van der Waals surface area contributed by atoms with E-state index in [9.17, 15) is 18.0 Å². The molecule has 0 aliphatic carbocycles. The van der Waals surface area contributed by atoms with Gasteiger partial charge in [0, 0.05) is 6.54 Å². The fraction of sp³-hybridized carbons (Fsp3) is 0.500. The van der Waals surface area contributed by atoms with Gasteiger partial charge < -0.3 is 14.2 Å². The monoisotopic (exact) mass is 479 g/mol. The first-order chi connectivity index (χ1) is 16.3. The number of para-hydroxylation sites is 1. The molecule has 0 radical (unpaired) electrons. The van der Waals surface area contributed by atoms with Crippen LogP contribution < -0.4 is 9.47 Å². The highest BCUT2D eigenvalue weighted by Crippen LogP contribution is 2.44. The van der Waals surface area contributed by atoms with Crippen molar-refractivity contribution in [3.05, 3.63) is 58.7 Å². The van der Waals surface area contributed by atoms with E-state index in [2.05, 4.69) is 0 Å². The van der Waals surface area contributed by atoms with Crippen LogP contribution in [0.25, 0.3) is 0 Å². The van der Waals surface area contributed by atoms with Crippen LogP contribution in [0.5, 0.6) is 11.5 Å². The molecule has 0 aromatic heterocycles. The Morgan fingerprint density at radius 3 is 2.56 bits per heavy atom. The summed E-state index contributed by atoms with van der Waals surface area (Å²) < 4.78 is 60.2. The Labute approximate surface area is 198 Å². The highest BCUT2D eigenvalue weighted by Gasteiger charge is 2.42. The molecule has 0 bridgehead atoms. The molecule has 0 N–H and O–H groups in total. The summed E-state index contributed by atoms with van der Waals surface area (Å²) in [7, 11) is 0. The number of rotatable bonds is 9. The number of halogens is 3. The Morgan fingerprint density at radius 2 is 1.91 bits per heavy atom. The zero-order valence-corrected chi connectivity index (χ0v) is 19.9. The molecule has 186 valence electrons. The molecule has 34 heavy (non-hydrogen) atoms. The van der Waals surface area contributed by atoms with Crippen LogP contribution in [0.15, 0.2) is 36.4 Å². The Hall–Kier alpha value is -2.58. The van der Waals surface area contributed by atoms with E-state index >= 15 is 0 Å². The van der Waals surface area contributed by atoms with Gasteiger partial charge in [-0.3, -0.25) is 4.90 Å². The van der Waals surface area contributed by atoms with E-state index in [0.29, 0.717) is 26.1 Å². The number of benzene rings is 2. The summed E-state index contributed by atoms with van der Waals surface area (Å²) in [5.41, 5.74) is -1.15. The second-order valence-corrected chi connectivity index (χ2v) is 8.37. The molecule has 1 unspecified atom stereocenters. The summed E-state index contributed by atoms with van der Waals surface area (Å²) in [6, 6.07) is 9.06. The van der Waals surface area contributed by atoms with E-state index in [-0.39, 0.29) is 41.4 Å². The third-order valence-corrected chi connectivity index (χ3v) is 5.88. The van der Waals surface area contributed by atoms with Gasteiger partial charge in [0.2, 0.25) is 0 Å². The van der Waals surface area contributed by atoms with E-state index in [0.717, 1.165) is 12.8 Å². The quantitative estimate of drug-likeness (QED) is 0.244. The zero-order chi connectivity index (χ0) is 24.7. The first-order valence-corrected chi connectivity index (χ1v) is 11.7. The second kappa shape index (κ2) is 11.7. The van der Waals surface area contributed by atoms with Gasteiger partial charge in [0.05, 0.1) is 31.4 Å². The third-order valence-electron chi connectivity index (χ3n) is 5.88. The van der Waals surface area contributed by atoms with Crippen LogP contribution in [0.4, 0.5) is 13.2 Å². The number of carbonyl (C=O) groups excluding carboxylic acids is 1. The number of carbonyl (C=O) groups is 1. The van der Waals surface area contributed by atoms with Gasteiger partial charge in [0.1, 0.15) is 17.1 Å². The molecule has 2 aromatic carbocycles. The average Bonchev–Trinajstić information content (AvgIpc) is 2.79. The summed E-state index contributed by atoms with van der Waals surface area (Å²) >= 11 is 0. The Balaban J connectivity index is 2.15. The van der Waals surface area contributed by atoms with Gasteiger partial charge in [-0.25, -0.2) is 4.79 Å². The van der Waals surface area contributed by atoms with Crippen LogP contribution in [-0.4, -0.2) is 43.8 Å². The summed E-state index contributed by atoms with van der Waals surface area (Å²) in [6.07, 6.45) is -2.31. The number of alkyl halides is 3. The van der Waals surface area contributed by atoms with E-state index in [4.69, 9.17) is 14.2 Å². The molecule has 1 saturated heterocycles. The molecule has 1 aliphatic heterocycles. The summed E-state index contributed by atoms with van der Waals surface area (Å²) in [4.78, 5) is 15.1. The Kier molecular flexibility index (Phi) is 8.97. The number of hydrogen-bond donors (Lipinski definition) is 0. The van der Waals surface area contributed by atoms with Gasteiger partial charge in [0.25, 0.3) is 0 Å². The maximum Gasteiger partial charge on any atom is 0.417 e. The fourth-order valence-electron chi connectivity index (χ4n) is 4.27. The van der Waals surface area contributed by atoms with Crippen LogP contribution >= 0.6 is 0 Å². The molecule has 2 aromatic rings. The van der Waals surface area contributed by atoms with Gasteiger partial charge in [-0.1, -0.05) is 38.5 Å². The smallest absolute Gasteiger partial charge is 0.417 e. The highest BCUT2D eigenvalue weighted by molar-refractivity contribution is 5.96. The number of esters is 1. The van der Waals surface area contributed by atoms with E-state index < -0.39 is 23.8 Å². The van der Waals surface area contributed by atoms with Gasteiger partial charge in [-0.2, -0.15) is 13.2 Å². The molecular formula is C26H32F3NO4. The number of morpholine rings is 1. The standard InChI is InChI=1S/C26H32F3NO4/c1-4-6-14-33-22-16-20(21-17-32-15-13-30(21)12-5-2)24(26(27,28)29)18(3)23(22)25(31)34-19-10-8-7-9-11-19/h7-11,16,21H,4-6,12-15,17H2,1-3H3. The molecule has 8 heteroatoms. The topological polar surface area (TPSA) is 48.0 Å². The SMILES string of the molecule is CCCCOc1cc(C2COCCN2CCC)c(C(F)(F)F)c(C)c1C(=O)Oc1ccccc1. The molecule has 0 spiro atoms. The lowest BCUT2D eigenvalue weighted by atomic mass is 9.90. The Morgan fingerprint density at radius 1 is 1.18 bits per heavy atom. The number of hydrogen-bond acceptors (Lipinski definition) is 5. The van der Waals surface area contributed by atoms with Crippen molar-refractivity contribution in [2.75, 3.05) is 32.9 Å². The number of unbranched alkanes of at least 4 members (excludes halogenated alkanes) is 1. The molecule has 1 fully saturated rings. The van der Waals surface area contributed by atoms with Crippen LogP contribution in [0.1, 0.15) is 66.2 Å². The predicted octanol–water partition coefficient (Wildman–Crippen LogP) is 6.20. The maximum atomic E-state index is 14.4. The van der Waals surface area contributed by atoms with Crippen molar-refractivity contribution in [3.8, 4) is 11.5 Å². The van der Waals surface area contributed by atoms with Gasteiger partial charge in [0.15, 0.2) is 0 Å². The van der Waals surface area contributed by atoms with Gasteiger partial charge in [-0.05, 0) is 55.6 Å². The van der Waals surface area contributed by atoms with Crippen molar-refractivity contribution < 1.29 is 32.2 Å². The first kappa shape index (κ1) is 26.0. The first-order valence-electron chi connectivity index (χ1n) is 11.7. The van der Waals surface area contributed by atoms with E-state index in [1.807, 2.05) is 18.7 Å². The predicted molar refractivity (Wildman–Crippen MR) is 123 cm³/mol. The molecular weight excluding hydrogens is 447 g/mol. The largest absolute Gasteiger partial charge is 0.493 e. The minimum absolute atomic E-state index is 0.0703. The van der Waals surface area contributed by atoms with Crippen LogP contribution in [0.3, 0.4) is 0 Å². The molecule has 3 rings (SSSR count). The zero-order valence-electron chi connectivity index (χ0n) is 19.9. The lowest BCUT2D eigenvalue weighted by Crippen LogP contribution is -2.41. The molecule has 1 atom stereocenters. The van der Waals surface area contributed by atoms with Crippen molar-refractivity contribution in [1.82, 2.24) is 4.90 Å². The third kappa shape index (κ3) is 6.10. The lowest BCUT2D eigenvalue weighted by molar-refractivity contribution is -0.140. The molecule has 5 nitrogen and oxygen atoms in total. The molecule has 1 heterocycles. The normalized spacial score (nSPS) is 16.9. The minimum Gasteiger partial charge on any atom is -0.493 e. The highest BCUT2D eigenvalue weighted by atomic mass is 19.4. The van der Waals surface area contributed by atoms with Crippen molar-refractivity contribution in [2.45, 2.75) is 52.3 Å². The van der Waals surface area contributed by atoms with E-state index in [1.54, 1.807) is 30.3 Å². The van der Waals surface area contributed by atoms with Crippen molar-refractivity contribution in [2.24, 2.45) is 0 Å². The fourth-order valence-corrected chi connectivity index (χ4v) is 4.27. The summed E-state index contributed by atoms with van der Waals surface area (Å²) in [5.74, 6) is -0.520. The van der Waals surface area contributed by atoms with Crippen LogP contribution in [0.2, 0.25) is 0 Å². The number of ether oxygens (including phenoxy) is 3. The van der Waals surface area contributed by atoms with Crippen molar-refractivity contribution >= 4 is 5.97 Å². The maximum absolute atomic E-state index is 14.4. The number of nitrogens with zero attached hydrogens (tertiary/aromatic N) is 1. The minimum atomic E-state index is -4.67. The summed E-state index contributed by atoms with van der Waals surface area (Å²) in [6.45, 7) is 7.38. The average molecular weight is 480 g/mol. The van der Waals surface area contributed by atoms with Crippen molar-refractivity contribution in [3.63, 3.8) is 0 Å². The van der Waals surface area contributed by atoms with Gasteiger partial charge in [-0.15, -0.1) is 0 Å². The molecule has 0 saturated carbocycles. The second-order valence-electron chi connectivity index (χ2n) is 8.37. The summed E-state index contributed by atoms with van der Waals surface area (Å²) in [5, 5.41) is 0. The Bertz CT molecular complexity index is 961. The van der Waals surface area contributed by atoms with E-state index in [1.165, 1.54) is 13.0 Å². The lowest BCUT2D eigenvalue weighted by Gasteiger charge is -2.37. The van der Waals surface area contributed by atoms with Gasteiger partial charge >= 0.3 is 12.1 Å². The van der Waals surface area contributed by atoms with Crippen molar-refractivity contribution in [1.29, 1.82) is 0 Å². The molecule has 1 aliphatic rings. The van der Waals surface area contributed by atoms with Crippen LogP contribution in [-0.2, 0) is 10.9 Å². The molecule has 0 amide bonds.